The normalized spacial score (nSPS) is 25.1. The molecule has 116 valence electrons. The van der Waals surface area contributed by atoms with Gasteiger partial charge in [-0.15, -0.1) is 0 Å². The molecule has 2 aliphatic rings. The Morgan fingerprint density at radius 2 is 2.19 bits per heavy atom. The van der Waals surface area contributed by atoms with Crippen molar-refractivity contribution in [1.82, 2.24) is 9.78 Å². The summed E-state index contributed by atoms with van der Waals surface area (Å²) in [6.07, 6.45) is 4.30. The fraction of sp³-hybridized carbons (Fsp3) is 0.750. The number of aryl methyl sites for hydroxylation is 2. The highest BCUT2D eigenvalue weighted by Crippen LogP contribution is 2.38. The van der Waals surface area contributed by atoms with Crippen molar-refractivity contribution in [3.05, 3.63) is 17.5 Å². The van der Waals surface area contributed by atoms with Crippen LogP contribution in [0.5, 0.6) is 0 Å². The molecule has 1 spiro atoms. The standard InChI is InChI=1S/C16H24N2O3/c1-3-13-10-14(18(2)17-13)15(19)12-4-7-21-16(11-12)5-8-20-9-6-16/h10,12H,3-9,11H2,1-2H3. The number of Topliss-reactive ketones (excluding diaryl/α,β-unsaturated/α-hetero) is 1. The average Bonchev–Trinajstić information content (AvgIpc) is 2.88. The van der Waals surface area contributed by atoms with Gasteiger partial charge in [0, 0.05) is 32.8 Å². The Kier molecular flexibility index (Phi) is 4.13. The Balaban J connectivity index is 1.76. The third-order valence-corrected chi connectivity index (χ3v) is 4.81. The maximum Gasteiger partial charge on any atom is 0.184 e. The second-order valence-electron chi connectivity index (χ2n) is 6.20. The predicted molar refractivity (Wildman–Crippen MR) is 78.4 cm³/mol. The number of carbonyl (C=O) groups is 1. The lowest BCUT2D eigenvalue weighted by Crippen LogP contribution is -2.46. The number of carbonyl (C=O) groups excluding carboxylic acids is 1. The van der Waals surface area contributed by atoms with E-state index in [2.05, 4.69) is 12.0 Å². The fourth-order valence-corrected chi connectivity index (χ4v) is 3.48. The molecule has 5 heteroatoms. The first-order chi connectivity index (χ1) is 10.1. The molecule has 0 bridgehead atoms. The molecule has 21 heavy (non-hydrogen) atoms. The second-order valence-corrected chi connectivity index (χ2v) is 6.20. The van der Waals surface area contributed by atoms with E-state index in [0.29, 0.717) is 6.61 Å². The van der Waals surface area contributed by atoms with Crippen LogP contribution < -0.4 is 0 Å². The molecule has 0 N–H and O–H groups in total. The number of ketones is 1. The molecular formula is C16H24N2O3. The zero-order valence-electron chi connectivity index (χ0n) is 12.9. The summed E-state index contributed by atoms with van der Waals surface area (Å²) in [4.78, 5) is 12.8. The number of hydrogen-bond acceptors (Lipinski definition) is 4. The van der Waals surface area contributed by atoms with Gasteiger partial charge in [0.25, 0.3) is 0 Å². The van der Waals surface area contributed by atoms with Gasteiger partial charge in [-0.3, -0.25) is 9.48 Å². The van der Waals surface area contributed by atoms with Crippen LogP contribution in [0.3, 0.4) is 0 Å². The Bertz CT molecular complexity index is 512. The highest BCUT2D eigenvalue weighted by molar-refractivity contribution is 5.96. The van der Waals surface area contributed by atoms with Crippen molar-refractivity contribution in [2.24, 2.45) is 13.0 Å². The Labute approximate surface area is 125 Å². The molecule has 1 aromatic rings. The monoisotopic (exact) mass is 292 g/mol. The van der Waals surface area contributed by atoms with E-state index in [0.717, 1.165) is 56.7 Å². The Hall–Kier alpha value is -1.20. The SMILES string of the molecule is CCc1cc(C(=O)C2CCOC3(CCOCC3)C2)n(C)n1. The van der Waals surface area contributed by atoms with E-state index in [1.54, 1.807) is 4.68 Å². The third kappa shape index (κ3) is 2.90. The van der Waals surface area contributed by atoms with Crippen molar-refractivity contribution >= 4 is 5.78 Å². The molecule has 2 aliphatic heterocycles. The van der Waals surface area contributed by atoms with Crippen molar-refractivity contribution in [2.45, 2.75) is 44.6 Å². The van der Waals surface area contributed by atoms with Crippen LogP contribution in [-0.2, 0) is 22.9 Å². The predicted octanol–water partition coefficient (Wildman–Crippen LogP) is 2.14. The molecule has 5 nitrogen and oxygen atoms in total. The average molecular weight is 292 g/mol. The van der Waals surface area contributed by atoms with E-state index in [9.17, 15) is 4.79 Å². The molecule has 0 amide bonds. The molecule has 2 fully saturated rings. The maximum atomic E-state index is 12.8. The lowest BCUT2D eigenvalue weighted by atomic mass is 9.78. The minimum atomic E-state index is -0.136. The van der Waals surface area contributed by atoms with Crippen molar-refractivity contribution in [3.63, 3.8) is 0 Å². The van der Waals surface area contributed by atoms with Gasteiger partial charge in [-0.2, -0.15) is 5.10 Å². The van der Waals surface area contributed by atoms with Gasteiger partial charge in [0.2, 0.25) is 0 Å². The molecule has 1 unspecified atom stereocenters. The summed E-state index contributed by atoms with van der Waals surface area (Å²) < 4.78 is 13.2. The van der Waals surface area contributed by atoms with Crippen molar-refractivity contribution in [1.29, 1.82) is 0 Å². The molecule has 1 atom stereocenters. The van der Waals surface area contributed by atoms with Gasteiger partial charge in [-0.1, -0.05) is 6.92 Å². The van der Waals surface area contributed by atoms with E-state index in [-0.39, 0.29) is 17.3 Å². The smallest absolute Gasteiger partial charge is 0.184 e. The van der Waals surface area contributed by atoms with Gasteiger partial charge in [0.15, 0.2) is 5.78 Å². The van der Waals surface area contributed by atoms with Crippen molar-refractivity contribution in [3.8, 4) is 0 Å². The molecule has 3 rings (SSSR count). The van der Waals surface area contributed by atoms with E-state index < -0.39 is 0 Å². The van der Waals surface area contributed by atoms with Gasteiger partial charge in [0.1, 0.15) is 5.69 Å². The highest BCUT2D eigenvalue weighted by Gasteiger charge is 2.41. The number of hydrogen-bond donors (Lipinski definition) is 0. The zero-order chi connectivity index (χ0) is 14.9. The van der Waals surface area contributed by atoms with Crippen molar-refractivity contribution < 1.29 is 14.3 Å². The van der Waals surface area contributed by atoms with Crippen LogP contribution in [-0.4, -0.2) is 41.0 Å². The first kappa shape index (κ1) is 14.7. The first-order valence-corrected chi connectivity index (χ1v) is 7.92. The Morgan fingerprint density at radius 1 is 1.43 bits per heavy atom. The van der Waals surface area contributed by atoms with Crippen LogP contribution in [0.25, 0.3) is 0 Å². The highest BCUT2D eigenvalue weighted by atomic mass is 16.5. The number of aromatic nitrogens is 2. The summed E-state index contributed by atoms with van der Waals surface area (Å²) in [7, 11) is 1.86. The van der Waals surface area contributed by atoms with Crippen molar-refractivity contribution in [2.75, 3.05) is 19.8 Å². The molecule has 0 aliphatic carbocycles. The van der Waals surface area contributed by atoms with E-state index in [1.165, 1.54) is 0 Å². The quantitative estimate of drug-likeness (QED) is 0.801. The summed E-state index contributed by atoms with van der Waals surface area (Å²) >= 11 is 0. The molecule has 1 aromatic heterocycles. The van der Waals surface area contributed by atoms with Crippen LogP contribution in [0.2, 0.25) is 0 Å². The molecule has 0 saturated carbocycles. The summed E-state index contributed by atoms with van der Waals surface area (Å²) in [5.41, 5.74) is 1.58. The minimum Gasteiger partial charge on any atom is -0.381 e. The molecule has 3 heterocycles. The number of nitrogens with zero attached hydrogens (tertiary/aromatic N) is 2. The van der Waals surface area contributed by atoms with E-state index in [1.807, 2.05) is 13.1 Å². The van der Waals surface area contributed by atoms with Gasteiger partial charge in [0.05, 0.1) is 11.3 Å². The number of rotatable bonds is 3. The molecule has 2 saturated heterocycles. The molecule has 0 aromatic carbocycles. The lowest BCUT2D eigenvalue weighted by molar-refractivity contribution is -0.142. The van der Waals surface area contributed by atoms with Crippen LogP contribution in [0.15, 0.2) is 6.07 Å². The van der Waals surface area contributed by atoms with Crippen LogP contribution >= 0.6 is 0 Å². The van der Waals surface area contributed by atoms with Gasteiger partial charge in [-0.25, -0.2) is 0 Å². The van der Waals surface area contributed by atoms with Crippen LogP contribution in [0.1, 0.15) is 48.8 Å². The molecule has 0 radical (unpaired) electrons. The first-order valence-electron chi connectivity index (χ1n) is 7.92. The number of ether oxygens (including phenoxy) is 2. The van der Waals surface area contributed by atoms with Crippen LogP contribution in [0, 0.1) is 5.92 Å². The van der Waals surface area contributed by atoms with Gasteiger partial charge in [-0.05, 0) is 38.2 Å². The fourth-order valence-electron chi connectivity index (χ4n) is 3.48. The van der Waals surface area contributed by atoms with E-state index >= 15 is 0 Å². The molecular weight excluding hydrogens is 268 g/mol. The summed E-state index contributed by atoms with van der Waals surface area (Å²) in [5, 5.41) is 4.39. The topological polar surface area (TPSA) is 53.4 Å². The second kappa shape index (κ2) is 5.89. The summed E-state index contributed by atoms with van der Waals surface area (Å²) in [5.74, 6) is 0.274. The maximum absolute atomic E-state index is 12.8. The minimum absolute atomic E-state index is 0.0527. The zero-order valence-corrected chi connectivity index (χ0v) is 12.9. The van der Waals surface area contributed by atoms with E-state index in [4.69, 9.17) is 9.47 Å². The summed E-state index contributed by atoms with van der Waals surface area (Å²) in [6.45, 7) is 4.22. The van der Waals surface area contributed by atoms with Crippen LogP contribution in [0.4, 0.5) is 0 Å². The lowest BCUT2D eigenvalue weighted by Gasteiger charge is -2.42. The summed E-state index contributed by atoms with van der Waals surface area (Å²) in [6, 6.07) is 1.94. The largest absolute Gasteiger partial charge is 0.381 e. The Morgan fingerprint density at radius 3 is 2.86 bits per heavy atom. The van der Waals surface area contributed by atoms with Gasteiger partial charge >= 0.3 is 0 Å². The third-order valence-electron chi connectivity index (χ3n) is 4.81. The van der Waals surface area contributed by atoms with Gasteiger partial charge < -0.3 is 9.47 Å².